The number of rotatable bonds is 5. The lowest BCUT2D eigenvalue weighted by atomic mass is 10.0. The molecular formula is C14H17N5O7S. The predicted molar refractivity (Wildman–Crippen MR) is 87.6 cm³/mol. The van der Waals surface area contributed by atoms with Crippen LogP contribution in [-0.4, -0.2) is 64.4 Å². The standard InChI is InChI=1S/C14H17N5O7S/c20-12(7-9-3-5-15-6-4-9)16-17-13(21)11-2-1-10-8-18(11)14(22)19(10)26-27(23,24)25/h3-6,10-11H,1-2,7-8H2,(H,16,20)(H,17,21)(H,23,24,25)/t10?,11-/m0/s1. The fraction of sp³-hybridized carbons (Fsp3) is 0.429. The number of hydrogen-bond acceptors (Lipinski definition) is 7. The van der Waals surface area contributed by atoms with Crippen LogP contribution in [0.15, 0.2) is 24.5 Å². The van der Waals surface area contributed by atoms with Crippen molar-refractivity contribution < 1.29 is 31.6 Å². The highest BCUT2D eigenvalue weighted by Crippen LogP contribution is 2.30. The summed E-state index contributed by atoms with van der Waals surface area (Å²) in [6.45, 7) is 0.0669. The number of nitrogens with one attached hydrogen (secondary N) is 2. The SMILES string of the molecule is O=C(Cc1ccncc1)NNC(=O)[C@@H]1CCC2CN1C(=O)N2OS(=O)(=O)O. The summed E-state index contributed by atoms with van der Waals surface area (Å²) in [6.07, 6.45) is 3.65. The summed E-state index contributed by atoms with van der Waals surface area (Å²) in [5, 5.41) is 0.546. The molecule has 1 aromatic rings. The van der Waals surface area contributed by atoms with Gasteiger partial charge in [-0.05, 0) is 30.5 Å². The Morgan fingerprint density at radius 3 is 2.63 bits per heavy atom. The van der Waals surface area contributed by atoms with Crippen molar-refractivity contribution in [3.05, 3.63) is 30.1 Å². The molecule has 0 aromatic carbocycles. The van der Waals surface area contributed by atoms with Gasteiger partial charge in [-0.3, -0.25) is 30.0 Å². The molecular weight excluding hydrogens is 382 g/mol. The third-order valence-corrected chi connectivity index (χ3v) is 4.59. The summed E-state index contributed by atoms with van der Waals surface area (Å²) < 4.78 is 34.8. The Kier molecular flexibility index (Phi) is 5.25. The highest BCUT2D eigenvalue weighted by Gasteiger charge is 2.49. The maximum absolute atomic E-state index is 12.3. The zero-order valence-corrected chi connectivity index (χ0v) is 14.8. The Balaban J connectivity index is 1.55. The van der Waals surface area contributed by atoms with Crippen molar-refractivity contribution in [2.75, 3.05) is 6.54 Å². The van der Waals surface area contributed by atoms with E-state index in [9.17, 15) is 22.8 Å². The van der Waals surface area contributed by atoms with Crippen molar-refractivity contribution in [1.82, 2.24) is 25.8 Å². The molecule has 2 aliphatic heterocycles. The van der Waals surface area contributed by atoms with Gasteiger partial charge in [-0.2, -0.15) is 13.5 Å². The van der Waals surface area contributed by atoms with Crippen molar-refractivity contribution in [2.24, 2.45) is 0 Å². The first kappa shape index (κ1) is 19.0. The highest BCUT2D eigenvalue weighted by molar-refractivity contribution is 7.80. The molecule has 2 aliphatic rings. The maximum Gasteiger partial charge on any atom is 0.418 e. The molecule has 2 saturated heterocycles. The summed E-state index contributed by atoms with van der Waals surface area (Å²) in [5.74, 6) is -1.06. The molecule has 0 radical (unpaired) electrons. The van der Waals surface area contributed by atoms with Gasteiger partial charge in [-0.15, -0.1) is 4.28 Å². The molecule has 1 unspecified atom stereocenters. The second-order valence-corrected chi connectivity index (χ2v) is 7.08. The Morgan fingerprint density at radius 2 is 1.96 bits per heavy atom. The van der Waals surface area contributed by atoms with E-state index in [4.69, 9.17) is 4.55 Å². The van der Waals surface area contributed by atoms with E-state index >= 15 is 0 Å². The maximum atomic E-state index is 12.3. The van der Waals surface area contributed by atoms with Gasteiger partial charge in [-0.25, -0.2) is 4.79 Å². The summed E-state index contributed by atoms with van der Waals surface area (Å²) in [5.41, 5.74) is 5.25. The van der Waals surface area contributed by atoms with Crippen LogP contribution >= 0.6 is 0 Å². The molecule has 146 valence electrons. The van der Waals surface area contributed by atoms with Gasteiger partial charge in [0.25, 0.3) is 5.91 Å². The molecule has 3 heterocycles. The number of carbonyl (C=O) groups is 3. The fourth-order valence-corrected chi connectivity index (χ4v) is 3.44. The molecule has 3 N–H and O–H groups in total. The van der Waals surface area contributed by atoms with E-state index in [-0.39, 0.29) is 19.4 Å². The van der Waals surface area contributed by atoms with Crippen LogP contribution < -0.4 is 10.9 Å². The van der Waals surface area contributed by atoms with Crippen LogP contribution in [0.25, 0.3) is 0 Å². The Morgan fingerprint density at radius 1 is 1.26 bits per heavy atom. The van der Waals surface area contributed by atoms with Crippen molar-refractivity contribution in [3.8, 4) is 0 Å². The molecule has 2 fully saturated rings. The number of carbonyl (C=O) groups excluding carboxylic acids is 3. The molecule has 0 aliphatic carbocycles. The quantitative estimate of drug-likeness (QED) is 0.410. The zero-order chi connectivity index (χ0) is 19.6. The van der Waals surface area contributed by atoms with Gasteiger partial charge in [0, 0.05) is 18.9 Å². The summed E-state index contributed by atoms with van der Waals surface area (Å²) >= 11 is 0. The Labute approximate surface area is 154 Å². The normalized spacial score (nSPS) is 21.9. The monoisotopic (exact) mass is 399 g/mol. The van der Waals surface area contributed by atoms with Gasteiger partial charge in [0.05, 0.1) is 12.5 Å². The largest absolute Gasteiger partial charge is 0.418 e. The van der Waals surface area contributed by atoms with Crippen LogP contribution in [0.5, 0.6) is 0 Å². The average Bonchev–Trinajstić information content (AvgIpc) is 2.84. The van der Waals surface area contributed by atoms with Crippen molar-refractivity contribution in [1.29, 1.82) is 0 Å². The number of amides is 4. The molecule has 27 heavy (non-hydrogen) atoms. The van der Waals surface area contributed by atoms with E-state index in [1.165, 1.54) is 0 Å². The molecule has 0 saturated carbocycles. The third-order valence-electron chi connectivity index (χ3n) is 4.24. The number of hydrogen-bond donors (Lipinski definition) is 3. The van der Waals surface area contributed by atoms with Crippen LogP contribution in [0, 0.1) is 0 Å². The lowest BCUT2D eigenvalue weighted by Crippen LogP contribution is -2.54. The Hall–Kier alpha value is -2.77. The second kappa shape index (κ2) is 7.46. The molecule has 2 atom stereocenters. The van der Waals surface area contributed by atoms with Gasteiger partial charge < -0.3 is 4.90 Å². The van der Waals surface area contributed by atoms with E-state index in [1.807, 2.05) is 0 Å². The number of piperidine rings is 1. The minimum atomic E-state index is -4.85. The first-order chi connectivity index (χ1) is 12.7. The van der Waals surface area contributed by atoms with E-state index < -0.39 is 40.3 Å². The van der Waals surface area contributed by atoms with Crippen LogP contribution in [0.2, 0.25) is 0 Å². The first-order valence-electron chi connectivity index (χ1n) is 7.99. The number of fused-ring (bicyclic) bond motifs is 2. The summed E-state index contributed by atoms with van der Waals surface area (Å²) in [7, 11) is -4.85. The molecule has 3 rings (SSSR count). The van der Waals surface area contributed by atoms with Crippen LogP contribution in [0.3, 0.4) is 0 Å². The number of aromatic nitrogens is 1. The molecule has 12 nitrogen and oxygen atoms in total. The second-order valence-electron chi connectivity index (χ2n) is 6.08. The summed E-state index contributed by atoms with van der Waals surface area (Å²) in [6, 6.07) is 0.984. The van der Waals surface area contributed by atoms with E-state index in [2.05, 4.69) is 20.1 Å². The van der Waals surface area contributed by atoms with Crippen LogP contribution in [0.4, 0.5) is 4.79 Å². The first-order valence-corrected chi connectivity index (χ1v) is 9.35. The summed E-state index contributed by atoms with van der Waals surface area (Å²) in [4.78, 5) is 41.4. The molecule has 0 spiro atoms. The smallest absolute Gasteiger partial charge is 0.309 e. The number of pyridine rings is 1. The van der Waals surface area contributed by atoms with Gasteiger partial charge in [-0.1, -0.05) is 0 Å². The number of nitrogens with zero attached hydrogens (tertiary/aromatic N) is 3. The van der Waals surface area contributed by atoms with Crippen molar-refractivity contribution in [3.63, 3.8) is 0 Å². The number of hydroxylamine groups is 2. The lowest BCUT2D eigenvalue weighted by Gasteiger charge is -2.29. The Bertz CT molecular complexity index is 847. The number of hydrazine groups is 1. The molecule has 13 heteroatoms. The van der Waals surface area contributed by atoms with E-state index in [0.29, 0.717) is 17.0 Å². The molecule has 4 amide bonds. The predicted octanol–water partition coefficient (Wildman–Crippen LogP) is -1.23. The van der Waals surface area contributed by atoms with Gasteiger partial charge in [0.15, 0.2) is 0 Å². The fourth-order valence-electron chi connectivity index (χ4n) is 3.05. The minimum absolute atomic E-state index is 0.0359. The topological polar surface area (TPSA) is 158 Å². The lowest BCUT2D eigenvalue weighted by molar-refractivity contribution is -0.131. The van der Waals surface area contributed by atoms with Gasteiger partial charge in [0.2, 0.25) is 5.91 Å². The van der Waals surface area contributed by atoms with Gasteiger partial charge in [0.1, 0.15) is 6.04 Å². The van der Waals surface area contributed by atoms with Crippen LogP contribution in [-0.2, 0) is 30.7 Å². The number of urea groups is 1. The van der Waals surface area contributed by atoms with Gasteiger partial charge >= 0.3 is 16.4 Å². The molecule has 1 aromatic heterocycles. The zero-order valence-electron chi connectivity index (χ0n) is 13.9. The van der Waals surface area contributed by atoms with E-state index in [0.717, 1.165) is 4.90 Å². The van der Waals surface area contributed by atoms with E-state index in [1.54, 1.807) is 24.5 Å². The highest BCUT2D eigenvalue weighted by atomic mass is 32.3. The third kappa shape index (κ3) is 4.50. The van der Waals surface area contributed by atoms with Crippen LogP contribution in [0.1, 0.15) is 18.4 Å². The van der Waals surface area contributed by atoms with Crippen molar-refractivity contribution in [2.45, 2.75) is 31.3 Å². The minimum Gasteiger partial charge on any atom is -0.309 e. The molecule has 2 bridgehead atoms. The average molecular weight is 399 g/mol. The van der Waals surface area contributed by atoms with Crippen molar-refractivity contribution >= 4 is 28.2 Å².